The third-order valence-corrected chi connectivity index (χ3v) is 38.6. The van der Waals surface area contributed by atoms with Gasteiger partial charge < -0.3 is 0 Å². The van der Waals surface area contributed by atoms with Gasteiger partial charge in [0.25, 0.3) is 153 Å². The summed E-state index contributed by atoms with van der Waals surface area (Å²) in [7, 11) is -63.9. The van der Waals surface area contributed by atoms with E-state index >= 15 is 0 Å². The molecule has 0 aromatic carbocycles. The molecule has 0 unspecified atom stereocenters. The summed E-state index contributed by atoms with van der Waals surface area (Å²) in [6.45, 7) is 4.63. The SMILES string of the molecule is CC1(C(F)(F)F)OS(=O)(=O)C(C)(C)S(=O)(=O)O1.CC1(C)S(=O)(=O)OC(CC(F)(F)F)OS1(=O)=O.CC1S(=O)(=O)OC(C)(C(F)(F)F)OS1(=O)=O.CC1S(=O)(=O)OC(CC(F)(F)F)OS1(=O)=O.O=S1(=O)CCCCCS(=O)(=O)OC(CC(F)(F)F)O1.O=S1(=O)CCCS(=O)(=O)OC(CC(F)(F)F)O1.O=S1(=O)CCS(=O)(=O)OC(CC(F)(F)F)O1. The van der Waals surface area contributed by atoms with Crippen LogP contribution in [0.3, 0.4) is 0 Å². The van der Waals surface area contributed by atoms with Gasteiger partial charge in [0.1, 0.15) is 0 Å². The highest BCUT2D eigenvalue weighted by atomic mass is 32.3. The lowest BCUT2D eigenvalue weighted by Gasteiger charge is -2.39. The summed E-state index contributed by atoms with van der Waals surface area (Å²) in [6, 6.07) is 0. The summed E-state index contributed by atoms with van der Waals surface area (Å²) < 4.78 is 614. The van der Waals surface area contributed by atoms with Gasteiger partial charge in [0, 0.05) is 13.8 Å². The van der Waals surface area contributed by atoms with Crippen molar-refractivity contribution < 1.29 is 269 Å². The zero-order valence-corrected chi connectivity index (χ0v) is 70.4. The molecule has 0 aromatic heterocycles. The number of hydrogen-bond acceptors (Lipinski definition) is 42. The first kappa shape index (κ1) is 113. The van der Waals surface area contributed by atoms with Crippen molar-refractivity contribution >= 4 is 142 Å². The third-order valence-electron chi connectivity index (χ3n) is 13.3. The summed E-state index contributed by atoms with van der Waals surface area (Å²) in [5, 5.41) is 0. The molecule has 118 heavy (non-hydrogen) atoms. The Morgan fingerprint density at radius 2 is 0.424 bits per heavy atom. The van der Waals surface area contributed by atoms with E-state index in [1.165, 1.54) is 0 Å². The first-order valence-corrected chi connectivity index (χ1v) is 50.6. The fraction of sp³-hybridized carbons (Fsp3) is 1.00. The summed E-state index contributed by atoms with van der Waals surface area (Å²) in [6.07, 6.45) is -55.4. The van der Waals surface area contributed by atoms with Crippen molar-refractivity contribution in [1.29, 1.82) is 0 Å². The highest BCUT2D eigenvalue weighted by Crippen LogP contribution is 2.47. The molecule has 7 aliphatic rings. The largest absolute Gasteiger partial charge is 0.445 e. The Morgan fingerprint density at radius 3 is 0.653 bits per heavy atom. The van der Waals surface area contributed by atoms with E-state index in [2.05, 4.69) is 58.6 Å². The number of hydrogen-bond donors (Lipinski definition) is 0. The molecule has 7 heterocycles. The minimum atomic E-state index is -5.32. The fourth-order valence-corrected chi connectivity index (χ4v) is 24.9. The molecule has 0 N–H and O–H groups in total. The van der Waals surface area contributed by atoms with Crippen LogP contribution in [-0.2, 0) is 200 Å². The van der Waals surface area contributed by atoms with Crippen molar-refractivity contribution in [2.75, 3.05) is 34.5 Å². The predicted molar refractivity (Wildman–Crippen MR) is 336 cm³/mol. The van der Waals surface area contributed by atoms with Gasteiger partial charge in [-0.2, -0.15) is 210 Å². The van der Waals surface area contributed by atoms with Crippen LogP contribution < -0.4 is 0 Å². The molecule has 0 bridgehead atoms. The van der Waals surface area contributed by atoms with Gasteiger partial charge in [0.05, 0.1) is 66.6 Å². The van der Waals surface area contributed by atoms with Gasteiger partial charge in [-0.05, 0) is 60.8 Å². The molecule has 0 atom stereocenters. The third kappa shape index (κ3) is 36.0. The molecular weight excluding hydrogens is 2010 g/mol. The molecule has 7 rings (SSSR count). The fourth-order valence-electron chi connectivity index (χ4n) is 6.91. The van der Waals surface area contributed by atoms with Crippen LogP contribution in [0.15, 0.2) is 0 Å². The Labute approximate surface area is 657 Å². The molecular formula is C41H61F21O42S14. The summed E-state index contributed by atoms with van der Waals surface area (Å²) in [5.41, 5.74) is 0. The summed E-state index contributed by atoms with van der Waals surface area (Å²) in [4.78, 5) is 0. The van der Waals surface area contributed by atoms with Gasteiger partial charge in [-0.25, -0.2) is 58.6 Å². The van der Waals surface area contributed by atoms with E-state index in [1.54, 1.807) is 0 Å². The molecule has 7 aliphatic heterocycles. The highest BCUT2D eigenvalue weighted by molar-refractivity contribution is 8.07. The molecule has 7 saturated heterocycles. The molecule has 0 spiro atoms. The van der Waals surface area contributed by atoms with Gasteiger partial charge in [-0.1, -0.05) is 6.42 Å². The molecule has 0 radical (unpaired) electrons. The second-order valence-corrected chi connectivity index (χ2v) is 51.5. The first-order chi connectivity index (χ1) is 51.2. The van der Waals surface area contributed by atoms with Crippen LogP contribution in [0.5, 0.6) is 0 Å². The van der Waals surface area contributed by atoms with E-state index in [-0.39, 0.29) is 33.1 Å². The Balaban J connectivity index is 0.000000689. The molecule has 7 fully saturated rings. The van der Waals surface area contributed by atoms with Crippen LogP contribution in [0.1, 0.15) is 113 Å². The second kappa shape index (κ2) is 37.7. The first-order valence-electron chi connectivity index (χ1n) is 29.6. The lowest BCUT2D eigenvalue weighted by Crippen LogP contribution is -2.60. The molecule has 42 nitrogen and oxygen atoms in total. The Morgan fingerprint density at radius 1 is 0.237 bits per heavy atom. The van der Waals surface area contributed by atoms with Gasteiger partial charge in [0.15, 0.2) is 0 Å². The standard InChI is InChI=1S/C8H13F3O6S2.3C6H9F3O6S2.3C5H7F3O6S2/c9-8(10,11)6-7-16-18(12,13)4-2-1-3-5-19(14,15)17-7;1-5(2)16(10,11)14-4(3-6(7,8)9)15-17(5,12)13;1-4(2)16(10,11)14-5(3,6(7,8)9)15-17(4,12)13;7-6(8,9)4-5-14-16(10,11)2-1-3-17(12,13)15-5;1-3-15(9,10)13-4(2,5(6,7)8)14-16(3,11)12;1-3-15(9,10)13-4(2-5(6,7)8)14-16(3,11)12;6-5(7,8)3-4-13-15(9,10)1-2-16(11,12)14-4/h7H,1-6H2;4H,3H2,1-2H3;1-3H3;5H,1-4H2;3H,1-2H3;3-4H,2H2,1H3;4H,1-3H2. The average molecular weight is 2070 g/mol. The number of alkyl halides is 21. The highest BCUT2D eigenvalue weighted by Gasteiger charge is 2.69. The van der Waals surface area contributed by atoms with Crippen molar-refractivity contribution in [2.45, 2.75) is 217 Å². The smallest absolute Gasteiger partial charge is 0.236 e. The van der Waals surface area contributed by atoms with Crippen LogP contribution in [0.2, 0.25) is 0 Å². The van der Waals surface area contributed by atoms with Crippen LogP contribution in [0.4, 0.5) is 92.2 Å². The van der Waals surface area contributed by atoms with Crippen molar-refractivity contribution in [2.24, 2.45) is 0 Å². The Bertz CT molecular complexity index is 4960. The minimum absolute atomic E-state index is 0.122. The zero-order valence-electron chi connectivity index (χ0n) is 58.9. The molecule has 0 aliphatic carbocycles. The number of halogens is 21. The molecule has 0 saturated carbocycles. The second-order valence-electron chi connectivity index (χ2n) is 24.1. The molecule has 77 heteroatoms. The lowest BCUT2D eigenvalue weighted by molar-refractivity contribution is -0.314. The number of rotatable bonds is 5. The maximum Gasteiger partial charge on any atom is 0.445 e. The lowest BCUT2D eigenvalue weighted by atomic mass is 10.3. The zero-order chi connectivity index (χ0) is 94.0. The molecule has 0 aromatic rings. The van der Waals surface area contributed by atoms with Crippen LogP contribution in [-0.4, -0.2) is 256 Å². The van der Waals surface area contributed by atoms with Gasteiger partial charge in [-0.3, -0.25) is 0 Å². The van der Waals surface area contributed by atoms with Crippen molar-refractivity contribution in [1.82, 2.24) is 0 Å². The van der Waals surface area contributed by atoms with Crippen LogP contribution in [0, 0.1) is 0 Å². The van der Waals surface area contributed by atoms with E-state index in [1.807, 2.05) is 0 Å². The van der Waals surface area contributed by atoms with Gasteiger partial charge in [0.2, 0.25) is 48.8 Å². The quantitative estimate of drug-likeness (QED) is 0.281. The van der Waals surface area contributed by atoms with Gasteiger partial charge in [-0.15, -0.1) is 0 Å². The van der Waals surface area contributed by atoms with Crippen molar-refractivity contribution in [3.63, 3.8) is 0 Å². The van der Waals surface area contributed by atoms with E-state index in [0.29, 0.717) is 27.2 Å². The van der Waals surface area contributed by atoms with Crippen LogP contribution in [0.25, 0.3) is 0 Å². The Kier molecular flexibility index (Phi) is 36.2. The average Bonchev–Trinajstić information content (AvgIpc) is 0.862. The normalized spacial score (nSPS) is 29.5. The minimum Gasteiger partial charge on any atom is -0.236 e. The van der Waals surface area contributed by atoms with Crippen molar-refractivity contribution in [3.8, 4) is 0 Å². The molecule has 0 amide bonds. The predicted octanol–water partition coefficient (Wildman–Crippen LogP) is 3.52. The molecule has 708 valence electrons. The Hall–Kier alpha value is -2.73. The summed E-state index contributed by atoms with van der Waals surface area (Å²) in [5.74, 6) is -11.6. The maximum atomic E-state index is 12.5. The van der Waals surface area contributed by atoms with Gasteiger partial charge >= 0.3 is 43.2 Å². The van der Waals surface area contributed by atoms with E-state index in [9.17, 15) is 210 Å². The van der Waals surface area contributed by atoms with Crippen molar-refractivity contribution in [3.05, 3.63) is 0 Å². The monoisotopic (exact) mass is 2070 g/mol. The topological polar surface area (TPSA) is 607 Å². The van der Waals surface area contributed by atoms with E-state index in [0.717, 1.165) is 20.8 Å². The van der Waals surface area contributed by atoms with E-state index in [4.69, 9.17) is 0 Å². The maximum absolute atomic E-state index is 12.5. The van der Waals surface area contributed by atoms with E-state index < -0.39 is 312 Å². The summed E-state index contributed by atoms with van der Waals surface area (Å²) >= 11 is 0. The van der Waals surface area contributed by atoms with Crippen LogP contribution >= 0.6 is 0 Å².